The molecule has 0 bridgehead atoms. The Balaban J connectivity index is 2.14. The highest BCUT2D eigenvalue weighted by Gasteiger charge is 2.10. The van der Waals surface area contributed by atoms with Crippen molar-refractivity contribution in [1.29, 1.82) is 5.26 Å². The summed E-state index contributed by atoms with van der Waals surface area (Å²) in [4.78, 5) is 25.5. The monoisotopic (exact) mass is 283 g/mol. The first-order chi connectivity index (χ1) is 10.1. The van der Waals surface area contributed by atoms with Crippen molar-refractivity contribution >= 4 is 16.8 Å². The number of amides is 1. The molecule has 5 nitrogen and oxygen atoms in total. The van der Waals surface area contributed by atoms with E-state index in [1.54, 1.807) is 17.7 Å². The molecule has 5 heteroatoms. The van der Waals surface area contributed by atoms with Crippen molar-refractivity contribution in [3.05, 3.63) is 46.8 Å². The Morgan fingerprint density at radius 1 is 1.29 bits per heavy atom. The molecule has 0 saturated heterocycles. The predicted octanol–water partition coefficient (Wildman–Crippen LogP) is 1.76. The molecule has 1 amide bonds. The smallest absolute Gasteiger partial charge is 0.251 e. The van der Waals surface area contributed by atoms with Crippen LogP contribution in [0.5, 0.6) is 0 Å². The molecule has 0 aliphatic carbocycles. The molecule has 2 rings (SSSR count). The highest BCUT2D eigenvalue weighted by Crippen LogP contribution is 2.11. The Morgan fingerprint density at radius 2 is 2.05 bits per heavy atom. The zero-order chi connectivity index (χ0) is 15.2. The van der Waals surface area contributed by atoms with E-state index in [2.05, 4.69) is 0 Å². The Kier molecular flexibility index (Phi) is 4.72. The van der Waals surface area contributed by atoms with Crippen molar-refractivity contribution in [2.45, 2.75) is 19.4 Å². The molecule has 0 saturated carbocycles. The SMILES string of the molecule is CN(CCC#N)C(=O)CCn1c(=O)ccc2ccccc21. The van der Waals surface area contributed by atoms with Crippen molar-refractivity contribution in [1.82, 2.24) is 9.47 Å². The van der Waals surface area contributed by atoms with Crippen LogP contribution in [0, 0.1) is 11.3 Å². The van der Waals surface area contributed by atoms with Crippen LogP contribution in [0.25, 0.3) is 10.9 Å². The van der Waals surface area contributed by atoms with Crippen LogP contribution in [0.3, 0.4) is 0 Å². The molecule has 1 aromatic carbocycles. The minimum absolute atomic E-state index is 0.0647. The molecule has 21 heavy (non-hydrogen) atoms. The minimum Gasteiger partial charge on any atom is -0.345 e. The van der Waals surface area contributed by atoms with Crippen LogP contribution in [0.2, 0.25) is 0 Å². The number of carbonyl (C=O) groups is 1. The van der Waals surface area contributed by atoms with Crippen LogP contribution in [-0.4, -0.2) is 29.0 Å². The zero-order valence-electron chi connectivity index (χ0n) is 12.0. The van der Waals surface area contributed by atoms with Crippen LogP contribution in [0.4, 0.5) is 0 Å². The maximum Gasteiger partial charge on any atom is 0.251 e. The molecule has 0 spiro atoms. The highest BCUT2D eigenvalue weighted by atomic mass is 16.2. The number of aromatic nitrogens is 1. The van der Waals surface area contributed by atoms with Crippen molar-refractivity contribution in [2.24, 2.45) is 0 Å². The molecule has 108 valence electrons. The lowest BCUT2D eigenvalue weighted by Crippen LogP contribution is -2.30. The van der Waals surface area contributed by atoms with Gasteiger partial charge in [-0.2, -0.15) is 5.26 Å². The van der Waals surface area contributed by atoms with Crippen LogP contribution in [0.15, 0.2) is 41.2 Å². The predicted molar refractivity (Wildman–Crippen MR) is 80.7 cm³/mol. The number of aryl methyl sites for hydroxylation is 1. The molecule has 2 aromatic rings. The van der Waals surface area contributed by atoms with Gasteiger partial charge in [0.1, 0.15) is 0 Å². The molecule has 0 aliphatic rings. The number of hydrogen-bond donors (Lipinski definition) is 0. The molecule has 1 heterocycles. The topological polar surface area (TPSA) is 66.1 Å². The second-order valence-corrected chi connectivity index (χ2v) is 4.86. The quantitative estimate of drug-likeness (QED) is 0.840. The average molecular weight is 283 g/mol. The van der Waals surface area contributed by atoms with Gasteiger partial charge in [-0.3, -0.25) is 9.59 Å². The second-order valence-electron chi connectivity index (χ2n) is 4.86. The first-order valence-corrected chi connectivity index (χ1v) is 6.83. The number of nitrogens with zero attached hydrogens (tertiary/aromatic N) is 3. The molecule has 0 atom stereocenters. The maximum atomic E-state index is 12.0. The largest absolute Gasteiger partial charge is 0.345 e. The van der Waals surface area contributed by atoms with Crippen LogP contribution in [-0.2, 0) is 11.3 Å². The van der Waals surface area contributed by atoms with E-state index >= 15 is 0 Å². The van der Waals surface area contributed by atoms with E-state index in [4.69, 9.17) is 5.26 Å². The summed E-state index contributed by atoms with van der Waals surface area (Å²) in [7, 11) is 1.67. The lowest BCUT2D eigenvalue weighted by molar-refractivity contribution is -0.130. The van der Waals surface area contributed by atoms with E-state index in [1.807, 2.05) is 30.3 Å². The van der Waals surface area contributed by atoms with Crippen molar-refractivity contribution in [3.63, 3.8) is 0 Å². The number of rotatable bonds is 5. The van der Waals surface area contributed by atoms with Crippen LogP contribution >= 0.6 is 0 Å². The average Bonchev–Trinajstić information content (AvgIpc) is 2.51. The van der Waals surface area contributed by atoms with Crippen LogP contribution in [0.1, 0.15) is 12.8 Å². The summed E-state index contributed by atoms with van der Waals surface area (Å²) in [5.74, 6) is -0.0647. The number of para-hydroxylation sites is 1. The number of benzene rings is 1. The molecular weight excluding hydrogens is 266 g/mol. The second kappa shape index (κ2) is 6.71. The van der Waals surface area contributed by atoms with E-state index in [-0.39, 0.29) is 17.9 Å². The van der Waals surface area contributed by atoms with Crippen LogP contribution < -0.4 is 5.56 Å². The third-order valence-electron chi connectivity index (χ3n) is 3.43. The van der Waals surface area contributed by atoms with Crippen molar-refractivity contribution in [2.75, 3.05) is 13.6 Å². The number of carbonyl (C=O) groups excluding carboxylic acids is 1. The van der Waals surface area contributed by atoms with Crippen molar-refractivity contribution < 1.29 is 4.79 Å². The van der Waals surface area contributed by atoms with Gasteiger partial charge in [-0.1, -0.05) is 18.2 Å². The molecule has 0 radical (unpaired) electrons. The number of pyridine rings is 1. The fourth-order valence-electron chi connectivity index (χ4n) is 2.22. The number of nitriles is 1. The molecule has 0 aliphatic heterocycles. The summed E-state index contributed by atoms with van der Waals surface area (Å²) in [5.41, 5.74) is 0.721. The van der Waals surface area contributed by atoms with Gasteiger partial charge in [-0.05, 0) is 17.5 Å². The van der Waals surface area contributed by atoms with E-state index in [1.165, 1.54) is 11.0 Å². The molecule has 0 unspecified atom stereocenters. The Labute approximate surface area is 123 Å². The highest BCUT2D eigenvalue weighted by molar-refractivity contribution is 5.79. The number of fused-ring (bicyclic) bond motifs is 1. The summed E-state index contributed by atoms with van der Waals surface area (Å²) in [5, 5.41) is 9.50. The Morgan fingerprint density at radius 3 is 2.81 bits per heavy atom. The van der Waals surface area contributed by atoms with Gasteiger partial charge in [-0.15, -0.1) is 0 Å². The number of hydrogen-bond acceptors (Lipinski definition) is 3. The normalized spacial score (nSPS) is 10.3. The fourth-order valence-corrected chi connectivity index (χ4v) is 2.22. The Hall–Kier alpha value is -2.61. The maximum absolute atomic E-state index is 12.0. The fraction of sp³-hybridized carbons (Fsp3) is 0.312. The van der Waals surface area contributed by atoms with Gasteiger partial charge in [0.05, 0.1) is 18.0 Å². The van der Waals surface area contributed by atoms with Gasteiger partial charge in [0.2, 0.25) is 5.91 Å². The third-order valence-corrected chi connectivity index (χ3v) is 3.43. The van der Waals surface area contributed by atoms with Gasteiger partial charge in [0.15, 0.2) is 0 Å². The first kappa shape index (κ1) is 14.8. The van der Waals surface area contributed by atoms with Gasteiger partial charge in [0, 0.05) is 32.6 Å². The summed E-state index contributed by atoms with van der Waals surface area (Å²) >= 11 is 0. The van der Waals surface area contributed by atoms with Gasteiger partial charge >= 0.3 is 0 Å². The molecular formula is C16H17N3O2. The van der Waals surface area contributed by atoms with E-state index < -0.39 is 0 Å². The van der Waals surface area contributed by atoms with Gasteiger partial charge in [0.25, 0.3) is 5.56 Å². The summed E-state index contributed by atoms with van der Waals surface area (Å²) < 4.78 is 1.62. The Bertz CT molecular complexity index is 743. The summed E-state index contributed by atoms with van der Waals surface area (Å²) in [6.45, 7) is 0.760. The first-order valence-electron chi connectivity index (χ1n) is 6.83. The summed E-state index contributed by atoms with van der Waals surface area (Å²) in [6.07, 6.45) is 0.562. The molecule has 0 N–H and O–H groups in total. The molecule has 0 fully saturated rings. The molecule has 1 aromatic heterocycles. The van der Waals surface area contributed by atoms with Gasteiger partial charge < -0.3 is 9.47 Å². The van der Waals surface area contributed by atoms with Gasteiger partial charge in [-0.25, -0.2) is 0 Å². The zero-order valence-corrected chi connectivity index (χ0v) is 12.0. The third kappa shape index (κ3) is 3.48. The summed E-state index contributed by atoms with van der Waals surface area (Å²) in [6, 6.07) is 12.9. The van der Waals surface area contributed by atoms with E-state index in [0.29, 0.717) is 19.5 Å². The standard InChI is InChI=1S/C16H17N3O2/c1-18(11-4-10-17)15(20)9-12-19-14-6-3-2-5-13(14)7-8-16(19)21/h2-3,5-8H,4,9,11-12H2,1H3. The van der Waals surface area contributed by atoms with E-state index in [9.17, 15) is 9.59 Å². The van der Waals surface area contributed by atoms with Crippen molar-refractivity contribution in [3.8, 4) is 6.07 Å². The minimum atomic E-state index is -0.110. The lowest BCUT2D eigenvalue weighted by atomic mass is 10.2. The lowest BCUT2D eigenvalue weighted by Gasteiger charge is -2.16. The van der Waals surface area contributed by atoms with E-state index in [0.717, 1.165) is 10.9 Å².